The molecule has 0 aliphatic carbocycles. The first-order chi connectivity index (χ1) is 9.41. The zero-order valence-electron chi connectivity index (χ0n) is 10.2. The van der Waals surface area contributed by atoms with E-state index in [1.54, 1.807) is 0 Å². The highest BCUT2D eigenvalue weighted by molar-refractivity contribution is 5.30. The summed E-state index contributed by atoms with van der Waals surface area (Å²) in [6, 6.07) is 5.60. The molecule has 0 aliphatic rings. The molecule has 0 aliphatic heterocycles. The fraction of sp³-hybridized carbons (Fsp3) is 0.231. The number of hydrogen-bond donors (Lipinski definition) is 1. The normalized spacial score (nSPS) is 13.2. The fourth-order valence-electron chi connectivity index (χ4n) is 1.82. The molecule has 0 amide bonds. The van der Waals surface area contributed by atoms with Gasteiger partial charge in [0.2, 0.25) is 5.82 Å². The monoisotopic (exact) mass is 285 g/mol. The minimum atomic E-state index is -4.58. The van der Waals surface area contributed by atoms with Gasteiger partial charge < -0.3 is 5.73 Å². The van der Waals surface area contributed by atoms with Crippen molar-refractivity contribution in [2.75, 3.05) is 6.54 Å². The highest BCUT2D eigenvalue weighted by Crippen LogP contribution is 2.27. The smallest absolute Gasteiger partial charge is 0.330 e. The van der Waals surface area contributed by atoms with Gasteiger partial charge in [-0.2, -0.15) is 13.2 Å². The number of nitrogens with two attached hydrogens (primary N) is 1. The van der Waals surface area contributed by atoms with Gasteiger partial charge in [-0.25, -0.2) is 14.4 Å². The zero-order valence-corrected chi connectivity index (χ0v) is 10.2. The summed E-state index contributed by atoms with van der Waals surface area (Å²) in [6.45, 7) is 0.153. The first-order valence-electron chi connectivity index (χ1n) is 5.76. The van der Waals surface area contributed by atoms with Crippen molar-refractivity contribution in [2.24, 2.45) is 5.73 Å². The molecule has 0 radical (unpaired) electrons. The van der Waals surface area contributed by atoms with Gasteiger partial charge in [0.15, 0.2) is 0 Å². The molecule has 1 aromatic carbocycles. The molecule has 0 bridgehead atoms. The lowest BCUT2D eigenvalue weighted by Crippen LogP contribution is -2.16. The lowest BCUT2D eigenvalue weighted by atomic mass is 9.93. The number of halogens is 4. The van der Waals surface area contributed by atoms with Gasteiger partial charge in [-0.05, 0) is 23.3 Å². The molecule has 2 aromatic rings. The second-order valence-corrected chi connectivity index (χ2v) is 4.18. The Morgan fingerprint density at radius 3 is 2.00 bits per heavy atom. The molecule has 0 fully saturated rings. The van der Waals surface area contributed by atoms with Gasteiger partial charge in [-0.1, -0.05) is 12.1 Å². The van der Waals surface area contributed by atoms with E-state index in [4.69, 9.17) is 5.73 Å². The molecule has 0 saturated heterocycles. The maximum Gasteiger partial charge on any atom is 0.451 e. The van der Waals surface area contributed by atoms with Crippen LogP contribution in [0.4, 0.5) is 17.6 Å². The van der Waals surface area contributed by atoms with E-state index in [1.165, 1.54) is 24.3 Å². The summed E-state index contributed by atoms with van der Waals surface area (Å²) < 4.78 is 50.0. The van der Waals surface area contributed by atoms with Crippen molar-refractivity contribution >= 4 is 0 Å². The largest absolute Gasteiger partial charge is 0.451 e. The molecule has 2 N–H and O–H groups in total. The predicted octanol–water partition coefficient (Wildman–Crippen LogP) is 2.73. The van der Waals surface area contributed by atoms with E-state index < -0.39 is 17.8 Å². The Morgan fingerprint density at radius 1 is 1.00 bits per heavy atom. The van der Waals surface area contributed by atoms with Gasteiger partial charge in [0.05, 0.1) is 0 Å². The summed E-state index contributed by atoms with van der Waals surface area (Å²) in [5, 5.41) is 0. The minimum absolute atomic E-state index is 0.153. The van der Waals surface area contributed by atoms with Crippen LogP contribution in [0.5, 0.6) is 0 Å². The number of hydrogen-bond acceptors (Lipinski definition) is 3. The van der Waals surface area contributed by atoms with Crippen molar-refractivity contribution in [3.05, 3.63) is 59.4 Å². The fourth-order valence-corrected chi connectivity index (χ4v) is 1.82. The summed E-state index contributed by atoms with van der Waals surface area (Å²) in [7, 11) is 0. The average Bonchev–Trinajstić information content (AvgIpc) is 2.41. The van der Waals surface area contributed by atoms with Crippen molar-refractivity contribution in [2.45, 2.75) is 12.1 Å². The molecule has 106 valence electrons. The third kappa shape index (κ3) is 3.11. The lowest BCUT2D eigenvalue weighted by Gasteiger charge is -2.15. The number of aromatic nitrogens is 2. The Hall–Kier alpha value is -2.02. The first-order valence-corrected chi connectivity index (χ1v) is 5.76. The zero-order chi connectivity index (χ0) is 14.8. The number of rotatable bonds is 3. The SMILES string of the molecule is NC[C@@H](c1ccc(F)cc1)c1cnc(C(F)(F)F)nc1. The van der Waals surface area contributed by atoms with Crippen LogP contribution in [0.25, 0.3) is 0 Å². The van der Waals surface area contributed by atoms with Gasteiger partial charge in [0.1, 0.15) is 5.82 Å². The maximum atomic E-state index is 12.9. The number of nitrogens with zero attached hydrogens (tertiary/aromatic N) is 2. The number of alkyl halides is 3. The van der Waals surface area contributed by atoms with Gasteiger partial charge in [0.25, 0.3) is 0 Å². The molecule has 1 atom stereocenters. The lowest BCUT2D eigenvalue weighted by molar-refractivity contribution is -0.145. The predicted molar refractivity (Wildman–Crippen MR) is 64.3 cm³/mol. The van der Waals surface area contributed by atoms with Crippen molar-refractivity contribution in [1.29, 1.82) is 0 Å². The van der Waals surface area contributed by atoms with Crippen LogP contribution in [0.15, 0.2) is 36.7 Å². The Kier molecular flexibility index (Phi) is 3.99. The van der Waals surface area contributed by atoms with Crippen molar-refractivity contribution in [3.8, 4) is 0 Å². The molecular formula is C13H11F4N3. The molecule has 0 unspecified atom stereocenters. The Bertz CT molecular complexity index is 564. The van der Waals surface area contributed by atoms with Gasteiger partial charge in [-0.15, -0.1) is 0 Å². The molecular weight excluding hydrogens is 274 g/mol. The summed E-state index contributed by atoms with van der Waals surface area (Å²) in [5.74, 6) is -1.97. The van der Waals surface area contributed by atoms with Crippen LogP contribution in [0, 0.1) is 5.82 Å². The van der Waals surface area contributed by atoms with Crippen LogP contribution < -0.4 is 5.73 Å². The Labute approximate surface area is 112 Å². The summed E-state index contributed by atoms with van der Waals surface area (Å²) >= 11 is 0. The molecule has 3 nitrogen and oxygen atoms in total. The van der Waals surface area contributed by atoms with E-state index in [2.05, 4.69) is 9.97 Å². The van der Waals surface area contributed by atoms with Crippen molar-refractivity contribution in [1.82, 2.24) is 9.97 Å². The molecule has 0 saturated carbocycles. The Balaban J connectivity index is 2.30. The molecule has 2 rings (SSSR count). The maximum absolute atomic E-state index is 12.9. The van der Waals surface area contributed by atoms with E-state index in [9.17, 15) is 17.6 Å². The van der Waals surface area contributed by atoms with Crippen LogP contribution in [-0.2, 0) is 6.18 Å². The molecule has 20 heavy (non-hydrogen) atoms. The standard InChI is InChI=1S/C13H11F4N3/c14-10-3-1-8(2-4-10)11(5-18)9-6-19-12(20-7-9)13(15,16)17/h1-4,6-7,11H,5,18H2/t11-/m0/s1. The second kappa shape index (κ2) is 5.54. The molecule has 0 spiro atoms. The quantitative estimate of drug-likeness (QED) is 0.882. The minimum Gasteiger partial charge on any atom is -0.330 e. The second-order valence-electron chi connectivity index (χ2n) is 4.18. The topological polar surface area (TPSA) is 51.8 Å². The van der Waals surface area contributed by atoms with Crippen LogP contribution in [-0.4, -0.2) is 16.5 Å². The molecule has 1 heterocycles. The van der Waals surface area contributed by atoms with Crippen LogP contribution >= 0.6 is 0 Å². The van der Waals surface area contributed by atoms with Crippen molar-refractivity contribution in [3.63, 3.8) is 0 Å². The Morgan fingerprint density at radius 2 is 1.55 bits per heavy atom. The van der Waals surface area contributed by atoms with Crippen LogP contribution in [0.2, 0.25) is 0 Å². The summed E-state index contributed by atoms with van der Waals surface area (Å²) in [4.78, 5) is 6.59. The third-order valence-corrected chi connectivity index (χ3v) is 2.84. The van der Waals surface area contributed by atoms with E-state index in [-0.39, 0.29) is 12.5 Å². The first kappa shape index (κ1) is 14.4. The molecule has 7 heteroatoms. The van der Waals surface area contributed by atoms with Crippen LogP contribution in [0.1, 0.15) is 22.9 Å². The summed E-state index contributed by atoms with van der Waals surface area (Å²) in [5.41, 5.74) is 6.77. The van der Waals surface area contributed by atoms with E-state index in [0.29, 0.717) is 11.1 Å². The third-order valence-electron chi connectivity index (χ3n) is 2.84. The van der Waals surface area contributed by atoms with E-state index in [0.717, 1.165) is 12.4 Å². The van der Waals surface area contributed by atoms with E-state index >= 15 is 0 Å². The van der Waals surface area contributed by atoms with Gasteiger partial charge >= 0.3 is 6.18 Å². The van der Waals surface area contributed by atoms with Gasteiger partial charge in [0, 0.05) is 24.9 Å². The summed E-state index contributed by atoms with van der Waals surface area (Å²) in [6.07, 6.45) is -2.39. The average molecular weight is 285 g/mol. The van der Waals surface area contributed by atoms with Crippen LogP contribution in [0.3, 0.4) is 0 Å². The highest BCUT2D eigenvalue weighted by atomic mass is 19.4. The highest BCUT2D eigenvalue weighted by Gasteiger charge is 2.34. The van der Waals surface area contributed by atoms with Crippen molar-refractivity contribution < 1.29 is 17.6 Å². The van der Waals surface area contributed by atoms with E-state index in [1.807, 2.05) is 0 Å². The molecule has 1 aromatic heterocycles. The van der Waals surface area contributed by atoms with Gasteiger partial charge in [-0.3, -0.25) is 0 Å². The number of benzene rings is 1.